The summed E-state index contributed by atoms with van der Waals surface area (Å²) < 4.78 is 23.8. The Morgan fingerprint density at radius 3 is 2.50 bits per heavy atom. The highest BCUT2D eigenvalue weighted by molar-refractivity contribution is 7.91. The maximum atomic E-state index is 13.0. The summed E-state index contributed by atoms with van der Waals surface area (Å²) in [6, 6.07) is 14.9. The lowest BCUT2D eigenvalue weighted by molar-refractivity contribution is -0.117. The van der Waals surface area contributed by atoms with Gasteiger partial charge in [-0.15, -0.1) is 0 Å². The van der Waals surface area contributed by atoms with Crippen LogP contribution in [0.5, 0.6) is 0 Å². The van der Waals surface area contributed by atoms with Gasteiger partial charge >= 0.3 is 0 Å². The molecule has 2 aromatic carbocycles. The largest absolute Gasteiger partial charge is 0.376 e. The lowest BCUT2D eigenvalue weighted by atomic mass is 10.1. The smallest absolute Gasteiger partial charge is 0.246 e. The fourth-order valence-corrected chi connectivity index (χ4v) is 5.02. The van der Waals surface area contributed by atoms with E-state index in [4.69, 9.17) is 0 Å². The molecule has 1 amide bonds. The van der Waals surface area contributed by atoms with Crippen LogP contribution in [0.1, 0.15) is 17.5 Å². The Balaban J connectivity index is 1.80. The van der Waals surface area contributed by atoms with Gasteiger partial charge in [0.1, 0.15) is 0 Å². The van der Waals surface area contributed by atoms with Crippen LogP contribution in [0.3, 0.4) is 0 Å². The van der Waals surface area contributed by atoms with Crippen molar-refractivity contribution in [2.24, 2.45) is 0 Å². The van der Waals surface area contributed by atoms with Crippen LogP contribution in [0, 0.1) is 13.8 Å². The van der Waals surface area contributed by atoms with Crippen molar-refractivity contribution in [1.29, 1.82) is 0 Å². The van der Waals surface area contributed by atoms with Gasteiger partial charge in [-0.3, -0.25) is 4.79 Å². The van der Waals surface area contributed by atoms with Gasteiger partial charge in [0.15, 0.2) is 9.84 Å². The van der Waals surface area contributed by atoms with E-state index in [0.29, 0.717) is 6.42 Å². The number of benzene rings is 2. The Kier molecular flexibility index (Phi) is 5.32. The topological polar surface area (TPSA) is 66.5 Å². The van der Waals surface area contributed by atoms with E-state index in [9.17, 15) is 13.2 Å². The van der Waals surface area contributed by atoms with Crippen molar-refractivity contribution in [3.8, 4) is 0 Å². The fraction of sp³-hybridized carbons (Fsp3) is 0.350. The third kappa shape index (κ3) is 4.07. The average molecular weight is 372 g/mol. The molecule has 0 aliphatic carbocycles. The van der Waals surface area contributed by atoms with Gasteiger partial charge in [0.25, 0.3) is 0 Å². The number of amides is 1. The zero-order chi connectivity index (χ0) is 18.7. The summed E-state index contributed by atoms with van der Waals surface area (Å²) in [6.07, 6.45) is 0.479. The van der Waals surface area contributed by atoms with Crippen molar-refractivity contribution >= 4 is 27.1 Å². The highest BCUT2D eigenvalue weighted by Crippen LogP contribution is 2.25. The number of hydrogen-bond donors (Lipinski definition) is 1. The quantitative estimate of drug-likeness (QED) is 0.876. The van der Waals surface area contributed by atoms with Crippen molar-refractivity contribution in [2.75, 3.05) is 28.3 Å². The van der Waals surface area contributed by atoms with Crippen molar-refractivity contribution in [3.63, 3.8) is 0 Å². The maximum Gasteiger partial charge on any atom is 0.246 e. The van der Waals surface area contributed by atoms with Gasteiger partial charge in [0.2, 0.25) is 5.91 Å². The molecule has 138 valence electrons. The zero-order valence-electron chi connectivity index (χ0n) is 15.1. The third-order valence-electron chi connectivity index (χ3n) is 4.91. The number of carbonyl (C=O) groups excluding carboxylic acids is 1. The van der Waals surface area contributed by atoms with Gasteiger partial charge in [0, 0.05) is 11.4 Å². The van der Waals surface area contributed by atoms with Crippen LogP contribution in [-0.2, 0) is 14.6 Å². The Hall–Kier alpha value is -2.34. The zero-order valence-corrected chi connectivity index (χ0v) is 15.9. The molecule has 0 spiro atoms. The molecule has 3 rings (SSSR count). The second-order valence-corrected chi connectivity index (χ2v) is 8.99. The number of anilines is 2. The molecular weight excluding hydrogens is 348 g/mol. The number of carbonyl (C=O) groups is 1. The molecule has 1 saturated heterocycles. The second-order valence-electron chi connectivity index (χ2n) is 6.76. The van der Waals surface area contributed by atoms with E-state index >= 15 is 0 Å². The first-order chi connectivity index (χ1) is 12.4. The summed E-state index contributed by atoms with van der Waals surface area (Å²) in [4.78, 5) is 14.6. The van der Waals surface area contributed by atoms with Gasteiger partial charge in [0.05, 0.1) is 24.1 Å². The summed E-state index contributed by atoms with van der Waals surface area (Å²) in [6.45, 7) is 4.17. The van der Waals surface area contributed by atoms with E-state index in [1.165, 1.54) is 0 Å². The van der Waals surface area contributed by atoms with E-state index in [1.54, 1.807) is 4.90 Å². The van der Waals surface area contributed by atoms with Gasteiger partial charge in [-0.2, -0.15) is 0 Å². The Morgan fingerprint density at radius 1 is 1.12 bits per heavy atom. The standard InChI is InChI=1S/C20H24N2O3S/c1-15-7-6-10-19(16(15)2)21-13-20(23)22(17-8-4-3-5-9-17)18-11-12-26(24,25)14-18/h3-10,18,21H,11-14H2,1-2H3/t18-/m1/s1. The van der Waals surface area contributed by atoms with Gasteiger partial charge in [-0.25, -0.2) is 8.42 Å². The number of sulfone groups is 1. The van der Waals surface area contributed by atoms with Crippen molar-refractivity contribution in [2.45, 2.75) is 26.3 Å². The highest BCUT2D eigenvalue weighted by Gasteiger charge is 2.35. The lowest BCUT2D eigenvalue weighted by Crippen LogP contribution is -2.44. The first kappa shape index (κ1) is 18.5. The molecule has 2 aromatic rings. The number of aryl methyl sites for hydroxylation is 1. The molecular formula is C20H24N2O3S. The normalized spacial score (nSPS) is 18.5. The van der Waals surface area contributed by atoms with E-state index in [0.717, 1.165) is 22.5 Å². The Morgan fingerprint density at radius 2 is 1.85 bits per heavy atom. The molecule has 1 atom stereocenters. The molecule has 0 bridgehead atoms. The predicted octanol–water partition coefficient (Wildman–Crippen LogP) is 2.94. The summed E-state index contributed by atoms with van der Waals surface area (Å²) in [5, 5.41) is 3.21. The molecule has 1 fully saturated rings. The SMILES string of the molecule is Cc1cccc(NCC(=O)N(c2ccccc2)[C@@H]2CCS(=O)(=O)C2)c1C. The van der Waals surface area contributed by atoms with Gasteiger partial charge in [-0.1, -0.05) is 30.3 Å². The number of rotatable bonds is 5. The molecule has 0 saturated carbocycles. The molecule has 1 aliphatic heterocycles. The highest BCUT2D eigenvalue weighted by atomic mass is 32.2. The van der Waals surface area contributed by atoms with Crippen LogP contribution in [0.15, 0.2) is 48.5 Å². The van der Waals surface area contributed by atoms with Crippen molar-refractivity contribution < 1.29 is 13.2 Å². The molecule has 5 nitrogen and oxygen atoms in total. The van der Waals surface area contributed by atoms with E-state index in [-0.39, 0.29) is 30.0 Å². The Labute approximate surface area is 154 Å². The van der Waals surface area contributed by atoms with Crippen LogP contribution >= 0.6 is 0 Å². The lowest BCUT2D eigenvalue weighted by Gasteiger charge is -2.29. The molecule has 1 N–H and O–H groups in total. The number of para-hydroxylation sites is 1. The van der Waals surface area contributed by atoms with E-state index in [2.05, 4.69) is 5.32 Å². The van der Waals surface area contributed by atoms with E-state index in [1.807, 2.05) is 62.4 Å². The average Bonchev–Trinajstić information content (AvgIpc) is 2.97. The molecule has 0 radical (unpaired) electrons. The molecule has 1 heterocycles. The maximum absolute atomic E-state index is 13.0. The summed E-state index contributed by atoms with van der Waals surface area (Å²) >= 11 is 0. The molecule has 26 heavy (non-hydrogen) atoms. The fourth-order valence-electron chi connectivity index (χ4n) is 3.32. The molecule has 6 heteroatoms. The van der Waals surface area contributed by atoms with Gasteiger partial charge in [-0.05, 0) is 49.6 Å². The minimum absolute atomic E-state index is 0.0249. The van der Waals surface area contributed by atoms with Crippen molar-refractivity contribution in [3.05, 3.63) is 59.7 Å². The first-order valence-electron chi connectivity index (χ1n) is 8.75. The summed E-state index contributed by atoms with van der Waals surface area (Å²) in [5.41, 5.74) is 3.92. The van der Waals surface area contributed by atoms with Crippen LogP contribution in [0.2, 0.25) is 0 Å². The number of nitrogens with one attached hydrogen (secondary N) is 1. The van der Waals surface area contributed by atoms with Crippen LogP contribution < -0.4 is 10.2 Å². The van der Waals surface area contributed by atoms with Gasteiger partial charge < -0.3 is 10.2 Å². The van der Waals surface area contributed by atoms with Crippen molar-refractivity contribution in [1.82, 2.24) is 0 Å². The molecule has 0 unspecified atom stereocenters. The molecule has 0 aromatic heterocycles. The number of hydrogen-bond acceptors (Lipinski definition) is 4. The second kappa shape index (κ2) is 7.50. The van der Waals surface area contributed by atoms with E-state index < -0.39 is 9.84 Å². The van der Waals surface area contributed by atoms with Crippen LogP contribution in [0.4, 0.5) is 11.4 Å². The minimum Gasteiger partial charge on any atom is -0.376 e. The van der Waals surface area contributed by atoms with Crippen LogP contribution in [0.25, 0.3) is 0 Å². The molecule has 1 aliphatic rings. The first-order valence-corrected chi connectivity index (χ1v) is 10.6. The predicted molar refractivity (Wildman–Crippen MR) is 105 cm³/mol. The third-order valence-corrected chi connectivity index (χ3v) is 6.66. The Bertz CT molecular complexity index is 895. The minimum atomic E-state index is -3.08. The monoisotopic (exact) mass is 372 g/mol. The summed E-state index contributed by atoms with van der Waals surface area (Å²) in [7, 11) is -3.08. The van der Waals surface area contributed by atoms with Crippen LogP contribution in [-0.4, -0.2) is 38.4 Å². The summed E-state index contributed by atoms with van der Waals surface area (Å²) in [5.74, 6) is 0.0368. The number of nitrogens with zero attached hydrogens (tertiary/aromatic N) is 1.